The highest BCUT2D eigenvalue weighted by atomic mass is 16.1. The zero-order valence-electron chi connectivity index (χ0n) is 19.6. The molecule has 0 spiro atoms. The highest BCUT2D eigenvalue weighted by Crippen LogP contribution is 2.17. The van der Waals surface area contributed by atoms with Gasteiger partial charge in [0.05, 0.1) is 6.04 Å². The summed E-state index contributed by atoms with van der Waals surface area (Å²) in [5.41, 5.74) is 3.76. The lowest BCUT2D eigenvalue weighted by molar-refractivity contribution is -0.121. The van der Waals surface area contributed by atoms with Crippen LogP contribution in [0.1, 0.15) is 49.1 Å². The van der Waals surface area contributed by atoms with E-state index in [0.29, 0.717) is 6.42 Å². The lowest BCUT2D eigenvalue weighted by Crippen LogP contribution is -2.31. The Labute approximate surface area is 196 Å². The summed E-state index contributed by atoms with van der Waals surface area (Å²) in [5, 5.41) is 12.0. The van der Waals surface area contributed by atoms with Gasteiger partial charge < -0.3 is 9.88 Å². The van der Waals surface area contributed by atoms with E-state index in [1.165, 1.54) is 16.7 Å². The Kier molecular flexibility index (Phi) is 7.68. The summed E-state index contributed by atoms with van der Waals surface area (Å²) in [6, 6.07) is 20.4. The average Bonchev–Trinajstić information content (AvgIpc) is 3.13. The molecule has 0 radical (unpaired) electrons. The highest BCUT2D eigenvalue weighted by Gasteiger charge is 2.22. The van der Waals surface area contributed by atoms with E-state index >= 15 is 0 Å². The van der Waals surface area contributed by atoms with Gasteiger partial charge in [0.25, 0.3) is 0 Å². The average molecular weight is 444 g/mol. The van der Waals surface area contributed by atoms with E-state index in [9.17, 15) is 4.79 Å². The number of rotatable bonds is 8. The van der Waals surface area contributed by atoms with Crippen LogP contribution in [0, 0.1) is 0 Å². The molecule has 2 heterocycles. The molecule has 1 aromatic heterocycles. The fourth-order valence-electron chi connectivity index (χ4n) is 4.38. The standard InChI is InChI=1S/C27H33N5O/c1-21(19-24-11-7-4-8-12-24)20-31-16-15-25-29-30-27(32(25)18-17-31)22(2)28-26(33)14-13-23-9-5-3-6-10-23/h3-12,19,22H,13-18,20H2,1-2H3,(H,28,33). The molecular weight excluding hydrogens is 410 g/mol. The first-order valence-corrected chi connectivity index (χ1v) is 11.8. The summed E-state index contributed by atoms with van der Waals surface area (Å²) in [6.07, 6.45) is 4.32. The second kappa shape index (κ2) is 11.1. The van der Waals surface area contributed by atoms with Crippen LogP contribution in [0.15, 0.2) is 66.2 Å². The third-order valence-corrected chi connectivity index (χ3v) is 6.08. The van der Waals surface area contributed by atoms with Crippen LogP contribution >= 0.6 is 0 Å². The molecule has 0 aliphatic carbocycles. The third-order valence-electron chi connectivity index (χ3n) is 6.08. The quantitative estimate of drug-likeness (QED) is 0.571. The van der Waals surface area contributed by atoms with Gasteiger partial charge in [0.15, 0.2) is 5.82 Å². The normalized spacial score (nSPS) is 15.5. The minimum atomic E-state index is -0.166. The molecular formula is C27H33N5O. The lowest BCUT2D eigenvalue weighted by Gasteiger charge is -2.20. The predicted molar refractivity (Wildman–Crippen MR) is 132 cm³/mol. The first kappa shape index (κ1) is 22.9. The number of carbonyl (C=O) groups is 1. The molecule has 1 N–H and O–H groups in total. The van der Waals surface area contributed by atoms with Crippen LogP contribution in [0.3, 0.4) is 0 Å². The molecule has 4 rings (SSSR count). The van der Waals surface area contributed by atoms with Crippen molar-refractivity contribution in [3.8, 4) is 0 Å². The van der Waals surface area contributed by atoms with Crippen LogP contribution in [0.2, 0.25) is 0 Å². The number of amides is 1. The second-order valence-corrected chi connectivity index (χ2v) is 8.83. The first-order chi connectivity index (χ1) is 16.1. The van der Waals surface area contributed by atoms with Gasteiger partial charge in [-0.3, -0.25) is 9.69 Å². The number of hydrogen-bond donors (Lipinski definition) is 1. The summed E-state index contributed by atoms with van der Waals surface area (Å²) < 4.78 is 2.19. The number of fused-ring (bicyclic) bond motifs is 1. The molecule has 0 saturated heterocycles. The van der Waals surface area contributed by atoms with Crippen LogP contribution in [0.5, 0.6) is 0 Å². The van der Waals surface area contributed by atoms with Gasteiger partial charge in [-0.25, -0.2) is 0 Å². The van der Waals surface area contributed by atoms with Crippen molar-refractivity contribution in [2.45, 2.75) is 45.7 Å². The Morgan fingerprint density at radius 1 is 1.03 bits per heavy atom. The third kappa shape index (κ3) is 6.39. The number of aryl methyl sites for hydroxylation is 1. The van der Waals surface area contributed by atoms with Crippen LogP contribution in [-0.2, 0) is 24.2 Å². The van der Waals surface area contributed by atoms with Gasteiger partial charge in [-0.05, 0) is 31.4 Å². The second-order valence-electron chi connectivity index (χ2n) is 8.83. The van der Waals surface area contributed by atoms with Gasteiger partial charge in [-0.2, -0.15) is 0 Å². The van der Waals surface area contributed by atoms with E-state index in [4.69, 9.17) is 0 Å². The SMILES string of the molecule is CC(=Cc1ccccc1)CN1CCc2nnc(C(C)NC(=O)CCc3ccccc3)n2CC1. The Balaban J connectivity index is 1.32. The van der Waals surface area contributed by atoms with Crippen molar-refractivity contribution >= 4 is 12.0 Å². The maximum absolute atomic E-state index is 12.5. The fraction of sp³-hybridized carbons (Fsp3) is 0.370. The smallest absolute Gasteiger partial charge is 0.220 e. The molecule has 0 saturated carbocycles. The molecule has 0 fully saturated rings. The topological polar surface area (TPSA) is 63.1 Å². The van der Waals surface area contributed by atoms with Crippen molar-refractivity contribution in [2.75, 3.05) is 19.6 Å². The van der Waals surface area contributed by atoms with Gasteiger partial charge in [-0.15, -0.1) is 10.2 Å². The number of carbonyl (C=O) groups excluding carboxylic acids is 1. The summed E-state index contributed by atoms with van der Waals surface area (Å²) >= 11 is 0. The number of aromatic nitrogens is 3. The molecule has 1 unspecified atom stereocenters. The van der Waals surface area contributed by atoms with Gasteiger partial charge >= 0.3 is 0 Å². The number of benzene rings is 2. The minimum absolute atomic E-state index is 0.0422. The largest absolute Gasteiger partial charge is 0.346 e. The van der Waals surface area contributed by atoms with Gasteiger partial charge in [0, 0.05) is 39.0 Å². The molecule has 1 amide bonds. The van der Waals surface area contributed by atoms with Crippen LogP contribution in [0.25, 0.3) is 6.08 Å². The van der Waals surface area contributed by atoms with Crippen LogP contribution < -0.4 is 5.32 Å². The van der Waals surface area contributed by atoms with Crippen molar-refractivity contribution in [1.29, 1.82) is 0 Å². The molecule has 6 nitrogen and oxygen atoms in total. The van der Waals surface area contributed by atoms with Crippen LogP contribution in [-0.4, -0.2) is 45.2 Å². The molecule has 0 bridgehead atoms. The monoisotopic (exact) mass is 443 g/mol. The molecule has 3 aromatic rings. The van der Waals surface area contributed by atoms with Gasteiger partial charge in [0.2, 0.25) is 5.91 Å². The maximum Gasteiger partial charge on any atom is 0.220 e. The Hall–Kier alpha value is -3.25. The summed E-state index contributed by atoms with van der Waals surface area (Å²) in [6.45, 7) is 7.85. The minimum Gasteiger partial charge on any atom is -0.346 e. The lowest BCUT2D eigenvalue weighted by atomic mass is 10.1. The van der Waals surface area contributed by atoms with E-state index in [1.54, 1.807) is 0 Å². The Bertz CT molecular complexity index is 1070. The highest BCUT2D eigenvalue weighted by molar-refractivity contribution is 5.76. The first-order valence-electron chi connectivity index (χ1n) is 11.8. The van der Waals surface area contributed by atoms with E-state index in [-0.39, 0.29) is 11.9 Å². The van der Waals surface area contributed by atoms with Crippen molar-refractivity contribution in [3.63, 3.8) is 0 Å². The zero-order chi connectivity index (χ0) is 23.0. The van der Waals surface area contributed by atoms with E-state index < -0.39 is 0 Å². The van der Waals surface area contributed by atoms with Gasteiger partial charge in [-0.1, -0.05) is 72.3 Å². The van der Waals surface area contributed by atoms with E-state index in [2.05, 4.69) is 74.4 Å². The summed E-state index contributed by atoms with van der Waals surface area (Å²) in [4.78, 5) is 15.0. The molecule has 33 heavy (non-hydrogen) atoms. The Morgan fingerprint density at radius 3 is 2.52 bits per heavy atom. The van der Waals surface area contributed by atoms with Crippen LogP contribution in [0.4, 0.5) is 0 Å². The Morgan fingerprint density at radius 2 is 1.76 bits per heavy atom. The summed E-state index contributed by atoms with van der Waals surface area (Å²) in [7, 11) is 0. The molecule has 2 aromatic carbocycles. The van der Waals surface area contributed by atoms with E-state index in [0.717, 1.165) is 50.7 Å². The molecule has 172 valence electrons. The number of nitrogens with one attached hydrogen (secondary N) is 1. The van der Waals surface area contributed by atoms with Crippen molar-refractivity contribution in [3.05, 3.63) is 89.0 Å². The predicted octanol–water partition coefficient (Wildman–Crippen LogP) is 4.05. The molecule has 1 aliphatic heterocycles. The van der Waals surface area contributed by atoms with Crippen molar-refractivity contribution < 1.29 is 4.79 Å². The van der Waals surface area contributed by atoms with Crippen molar-refractivity contribution in [1.82, 2.24) is 25.0 Å². The fourth-order valence-corrected chi connectivity index (χ4v) is 4.38. The zero-order valence-corrected chi connectivity index (χ0v) is 19.6. The number of hydrogen-bond acceptors (Lipinski definition) is 4. The van der Waals surface area contributed by atoms with Crippen molar-refractivity contribution in [2.24, 2.45) is 0 Å². The number of nitrogens with zero attached hydrogens (tertiary/aromatic N) is 4. The van der Waals surface area contributed by atoms with E-state index in [1.807, 2.05) is 31.2 Å². The summed E-state index contributed by atoms with van der Waals surface area (Å²) in [5.74, 6) is 1.89. The molecule has 1 aliphatic rings. The maximum atomic E-state index is 12.5. The molecule has 6 heteroatoms. The van der Waals surface area contributed by atoms with Gasteiger partial charge in [0.1, 0.15) is 5.82 Å². The molecule has 1 atom stereocenters.